The lowest BCUT2D eigenvalue weighted by atomic mass is 9.80. The average Bonchev–Trinajstić information content (AvgIpc) is 2.71. The van der Waals surface area contributed by atoms with Crippen molar-refractivity contribution in [3.05, 3.63) is 95.6 Å². The molecule has 3 aromatic rings. The van der Waals surface area contributed by atoms with E-state index in [2.05, 4.69) is 0 Å². The number of hydrogen-bond donors (Lipinski definition) is 1. The third-order valence-corrected chi connectivity index (χ3v) is 5.30. The van der Waals surface area contributed by atoms with E-state index in [9.17, 15) is 9.90 Å². The molecule has 112 valence electrons. The van der Waals surface area contributed by atoms with Gasteiger partial charge in [-0.2, -0.15) is 0 Å². The standard InChI is InChI=1S/C20H14O2S/c21-19-15-10-4-6-12-17(15)23-18-13-7-5-11-16(18)20(19,22)14-8-2-1-3-9-14/h1-13,22H/t20-/m1/s1. The topological polar surface area (TPSA) is 37.3 Å². The van der Waals surface area contributed by atoms with Crippen LogP contribution in [0.3, 0.4) is 0 Å². The van der Waals surface area contributed by atoms with E-state index in [4.69, 9.17) is 0 Å². The van der Waals surface area contributed by atoms with E-state index in [1.54, 1.807) is 18.2 Å². The lowest BCUT2D eigenvalue weighted by molar-refractivity contribution is 0.0477. The fraction of sp³-hybridized carbons (Fsp3) is 0.0500. The number of carbonyl (C=O) groups is 1. The summed E-state index contributed by atoms with van der Waals surface area (Å²) in [6, 6.07) is 24.2. The molecule has 0 spiro atoms. The van der Waals surface area contributed by atoms with Gasteiger partial charge in [-0.3, -0.25) is 4.79 Å². The molecular formula is C20H14O2S. The summed E-state index contributed by atoms with van der Waals surface area (Å²) < 4.78 is 0. The van der Waals surface area contributed by atoms with Crippen LogP contribution in [0.1, 0.15) is 21.5 Å². The van der Waals surface area contributed by atoms with Crippen molar-refractivity contribution in [1.82, 2.24) is 0 Å². The Bertz CT molecular complexity index is 889. The zero-order chi connectivity index (χ0) is 15.9. The van der Waals surface area contributed by atoms with Crippen LogP contribution >= 0.6 is 11.8 Å². The van der Waals surface area contributed by atoms with Crippen molar-refractivity contribution in [3.63, 3.8) is 0 Å². The summed E-state index contributed by atoms with van der Waals surface area (Å²) in [5.41, 5.74) is 0.115. The van der Waals surface area contributed by atoms with Crippen LogP contribution < -0.4 is 0 Å². The second-order valence-corrected chi connectivity index (χ2v) is 6.58. The zero-order valence-corrected chi connectivity index (χ0v) is 13.1. The van der Waals surface area contributed by atoms with Crippen LogP contribution in [0.2, 0.25) is 0 Å². The van der Waals surface area contributed by atoms with Crippen LogP contribution in [0.4, 0.5) is 0 Å². The second kappa shape index (κ2) is 5.37. The number of carbonyl (C=O) groups excluding carboxylic acids is 1. The number of aliphatic hydroxyl groups is 1. The highest BCUT2D eigenvalue weighted by Gasteiger charge is 2.44. The summed E-state index contributed by atoms with van der Waals surface area (Å²) >= 11 is 1.52. The van der Waals surface area contributed by atoms with Crippen LogP contribution in [0.25, 0.3) is 0 Å². The van der Waals surface area contributed by atoms with Gasteiger partial charge in [-0.1, -0.05) is 78.5 Å². The highest BCUT2D eigenvalue weighted by Crippen LogP contribution is 2.45. The summed E-state index contributed by atoms with van der Waals surface area (Å²) in [5.74, 6) is -0.281. The molecule has 0 saturated carbocycles. The molecule has 0 aromatic heterocycles. The number of rotatable bonds is 1. The van der Waals surface area contributed by atoms with Crippen LogP contribution in [0.5, 0.6) is 0 Å². The maximum atomic E-state index is 13.3. The fourth-order valence-corrected chi connectivity index (χ4v) is 4.13. The minimum Gasteiger partial charge on any atom is -0.373 e. The van der Waals surface area contributed by atoms with Gasteiger partial charge in [0, 0.05) is 20.9 Å². The first kappa shape index (κ1) is 14.2. The largest absolute Gasteiger partial charge is 0.373 e. The molecular weight excluding hydrogens is 304 g/mol. The molecule has 1 aliphatic heterocycles. The molecule has 1 heterocycles. The molecule has 0 radical (unpaired) electrons. The van der Waals surface area contributed by atoms with Crippen molar-refractivity contribution >= 4 is 17.5 Å². The van der Waals surface area contributed by atoms with E-state index in [1.807, 2.05) is 60.7 Å². The van der Waals surface area contributed by atoms with E-state index < -0.39 is 5.60 Å². The Hall–Kier alpha value is -2.36. The van der Waals surface area contributed by atoms with Crippen LogP contribution in [0.15, 0.2) is 88.7 Å². The van der Waals surface area contributed by atoms with E-state index in [0.717, 1.165) is 9.79 Å². The highest BCUT2D eigenvalue weighted by molar-refractivity contribution is 7.99. The predicted molar refractivity (Wildman–Crippen MR) is 90.8 cm³/mol. The van der Waals surface area contributed by atoms with Gasteiger partial charge in [0.1, 0.15) is 0 Å². The smallest absolute Gasteiger partial charge is 0.204 e. The third kappa shape index (κ3) is 2.12. The Morgan fingerprint density at radius 2 is 1.35 bits per heavy atom. The van der Waals surface area contributed by atoms with E-state index in [0.29, 0.717) is 16.7 Å². The van der Waals surface area contributed by atoms with Gasteiger partial charge in [0.15, 0.2) is 5.60 Å². The van der Waals surface area contributed by atoms with Gasteiger partial charge in [0.25, 0.3) is 0 Å². The van der Waals surface area contributed by atoms with E-state index in [-0.39, 0.29) is 5.78 Å². The first-order chi connectivity index (χ1) is 11.2. The fourth-order valence-electron chi connectivity index (χ4n) is 3.00. The first-order valence-corrected chi connectivity index (χ1v) is 8.22. The highest BCUT2D eigenvalue weighted by atomic mass is 32.2. The molecule has 0 amide bonds. The van der Waals surface area contributed by atoms with Crippen molar-refractivity contribution in [3.8, 4) is 0 Å². The number of benzene rings is 3. The lowest BCUT2D eigenvalue weighted by Crippen LogP contribution is -2.37. The molecule has 4 rings (SSSR count). The number of ketones is 1. The van der Waals surface area contributed by atoms with Crippen molar-refractivity contribution < 1.29 is 9.90 Å². The van der Waals surface area contributed by atoms with Crippen LogP contribution in [0, 0.1) is 0 Å². The lowest BCUT2D eigenvalue weighted by Gasteiger charge is -2.27. The summed E-state index contributed by atoms with van der Waals surface area (Å²) in [7, 11) is 0. The molecule has 0 bridgehead atoms. The second-order valence-electron chi connectivity index (χ2n) is 5.50. The zero-order valence-electron chi connectivity index (χ0n) is 12.3. The van der Waals surface area contributed by atoms with Crippen molar-refractivity contribution in [1.29, 1.82) is 0 Å². The van der Waals surface area contributed by atoms with Crippen molar-refractivity contribution in [2.45, 2.75) is 15.4 Å². The van der Waals surface area contributed by atoms with Gasteiger partial charge in [-0.15, -0.1) is 0 Å². The Labute approximate surface area is 138 Å². The van der Waals surface area contributed by atoms with Gasteiger partial charge >= 0.3 is 0 Å². The SMILES string of the molecule is O=C1c2ccccc2Sc2ccccc2[C@]1(O)c1ccccc1. The summed E-state index contributed by atoms with van der Waals surface area (Å²) in [5, 5.41) is 11.5. The van der Waals surface area contributed by atoms with E-state index >= 15 is 0 Å². The Morgan fingerprint density at radius 1 is 0.739 bits per heavy atom. The minimum atomic E-state index is -1.67. The van der Waals surface area contributed by atoms with Crippen LogP contribution in [-0.4, -0.2) is 10.9 Å². The maximum absolute atomic E-state index is 13.3. The quantitative estimate of drug-likeness (QED) is 0.728. The summed E-state index contributed by atoms with van der Waals surface area (Å²) in [6.45, 7) is 0. The van der Waals surface area contributed by atoms with Gasteiger partial charge in [-0.25, -0.2) is 0 Å². The van der Waals surface area contributed by atoms with Crippen molar-refractivity contribution in [2.24, 2.45) is 0 Å². The molecule has 2 nitrogen and oxygen atoms in total. The summed E-state index contributed by atoms with van der Waals surface area (Å²) in [6.07, 6.45) is 0. The summed E-state index contributed by atoms with van der Waals surface area (Å²) in [4.78, 5) is 15.0. The molecule has 0 aliphatic carbocycles. The van der Waals surface area contributed by atoms with Crippen LogP contribution in [-0.2, 0) is 5.60 Å². The molecule has 1 N–H and O–H groups in total. The Balaban J connectivity index is 2.06. The molecule has 3 heteroatoms. The molecule has 23 heavy (non-hydrogen) atoms. The molecule has 0 fully saturated rings. The minimum absolute atomic E-state index is 0.281. The number of fused-ring (bicyclic) bond motifs is 2. The monoisotopic (exact) mass is 318 g/mol. The molecule has 0 saturated heterocycles. The number of hydrogen-bond acceptors (Lipinski definition) is 3. The average molecular weight is 318 g/mol. The Kier molecular flexibility index (Phi) is 3.33. The molecule has 1 aliphatic rings. The van der Waals surface area contributed by atoms with Gasteiger partial charge in [0.05, 0.1) is 0 Å². The maximum Gasteiger partial charge on any atom is 0.204 e. The molecule has 1 atom stereocenters. The predicted octanol–water partition coefficient (Wildman–Crippen LogP) is 4.27. The van der Waals surface area contributed by atoms with Gasteiger partial charge in [0.2, 0.25) is 5.78 Å². The Morgan fingerprint density at radius 3 is 2.13 bits per heavy atom. The number of Topliss-reactive ketones (excluding diaryl/α,β-unsaturated/α-hetero) is 1. The van der Waals surface area contributed by atoms with E-state index in [1.165, 1.54) is 11.8 Å². The molecule has 3 aromatic carbocycles. The van der Waals surface area contributed by atoms with Gasteiger partial charge in [-0.05, 0) is 17.7 Å². The van der Waals surface area contributed by atoms with Gasteiger partial charge < -0.3 is 5.11 Å². The molecule has 0 unspecified atom stereocenters. The first-order valence-electron chi connectivity index (χ1n) is 7.40. The normalized spacial score (nSPS) is 19.6. The third-order valence-electron chi connectivity index (χ3n) is 4.15. The van der Waals surface area contributed by atoms with Crippen molar-refractivity contribution in [2.75, 3.05) is 0 Å².